The summed E-state index contributed by atoms with van der Waals surface area (Å²) in [6.07, 6.45) is -5.21. The quantitative estimate of drug-likeness (QED) is 0.897. The smallest absolute Gasteiger partial charge is 0.405 e. The van der Waals surface area contributed by atoms with Gasteiger partial charge in [0, 0.05) is 17.8 Å². The van der Waals surface area contributed by atoms with Crippen LogP contribution in [-0.4, -0.2) is 31.5 Å². The SMILES string of the molecule is CCN(CC(F)(F)F)c1cccc(OC)c1[C@@H](C)O. The van der Waals surface area contributed by atoms with Gasteiger partial charge in [-0.05, 0) is 26.0 Å². The molecule has 0 bridgehead atoms. The van der Waals surface area contributed by atoms with E-state index in [-0.39, 0.29) is 6.54 Å². The standard InChI is InChI=1S/C13H18F3NO2/c1-4-17(8-13(14,15)16)10-6-5-7-11(19-3)12(10)9(2)18/h5-7,9,18H,4,8H2,1-3H3/t9-/m1/s1. The number of aliphatic hydroxyl groups is 1. The number of methoxy groups -OCH3 is 1. The Morgan fingerprint density at radius 1 is 1.37 bits per heavy atom. The van der Waals surface area contributed by atoms with Gasteiger partial charge in [0.15, 0.2) is 0 Å². The normalized spacial score (nSPS) is 13.2. The molecular formula is C13H18F3NO2. The van der Waals surface area contributed by atoms with Gasteiger partial charge < -0.3 is 14.7 Å². The Labute approximate surface area is 110 Å². The fourth-order valence-corrected chi connectivity index (χ4v) is 1.99. The Balaban J connectivity index is 3.23. The van der Waals surface area contributed by atoms with Crippen LogP contribution in [0.25, 0.3) is 0 Å². The molecule has 108 valence electrons. The van der Waals surface area contributed by atoms with Crippen molar-refractivity contribution in [3.8, 4) is 5.75 Å². The van der Waals surface area contributed by atoms with E-state index in [1.54, 1.807) is 25.1 Å². The van der Waals surface area contributed by atoms with Crippen LogP contribution in [0.1, 0.15) is 25.5 Å². The molecule has 0 aliphatic carbocycles. The molecule has 1 N–H and O–H groups in total. The molecule has 1 aromatic rings. The highest BCUT2D eigenvalue weighted by molar-refractivity contribution is 5.60. The third-order valence-corrected chi connectivity index (χ3v) is 2.77. The molecule has 0 spiro atoms. The number of nitrogens with zero attached hydrogens (tertiary/aromatic N) is 1. The summed E-state index contributed by atoms with van der Waals surface area (Å²) in [6, 6.07) is 4.78. The van der Waals surface area contributed by atoms with E-state index >= 15 is 0 Å². The van der Waals surface area contributed by atoms with Crippen LogP contribution in [0.4, 0.5) is 18.9 Å². The van der Waals surface area contributed by atoms with Gasteiger partial charge in [0.2, 0.25) is 0 Å². The zero-order valence-electron chi connectivity index (χ0n) is 11.2. The van der Waals surface area contributed by atoms with Crippen molar-refractivity contribution < 1.29 is 23.0 Å². The maximum atomic E-state index is 12.6. The predicted molar refractivity (Wildman–Crippen MR) is 67.6 cm³/mol. The Morgan fingerprint density at radius 2 is 2.00 bits per heavy atom. The Morgan fingerprint density at radius 3 is 2.42 bits per heavy atom. The van der Waals surface area contributed by atoms with E-state index in [1.165, 1.54) is 18.9 Å². The highest BCUT2D eigenvalue weighted by Crippen LogP contribution is 2.35. The molecule has 1 rings (SSSR count). The van der Waals surface area contributed by atoms with Crippen LogP contribution >= 0.6 is 0 Å². The number of alkyl halides is 3. The second-order valence-corrected chi connectivity index (χ2v) is 4.20. The molecule has 0 aliphatic heterocycles. The molecular weight excluding hydrogens is 259 g/mol. The van der Waals surface area contributed by atoms with Crippen molar-refractivity contribution in [2.24, 2.45) is 0 Å². The summed E-state index contributed by atoms with van der Waals surface area (Å²) in [5.41, 5.74) is 0.713. The van der Waals surface area contributed by atoms with E-state index in [0.717, 1.165) is 0 Å². The van der Waals surface area contributed by atoms with E-state index in [9.17, 15) is 18.3 Å². The van der Waals surface area contributed by atoms with E-state index in [2.05, 4.69) is 0 Å². The van der Waals surface area contributed by atoms with Crippen molar-refractivity contribution in [1.29, 1.82) is 0 Å². The van der Waals surface area contributed by atoms with E-state index in [1.807, 2.05) is 0 Å². The lowest BCUT2D eigenvalue weighted by Gasteiger charge is -2.28. The fraction of sp³-hybridized carbons (Fsp3) is 0.538. The zero-order chi connectivity index (χ0) is 14.6. The van der Waals surface area contributed by atoms with E-state index in [0.29, 0.717) is 17.0 Å². The van der Waals surface area contributed by atoms with Gasteiger partial charge in [-0.2, -0.15) is 13.2 Å². The monoisotopic (exact) mass is 277 g/mol. The number of benzene rings is 1. The summed E-state index contributed by atoms with van der Waals surface area (Å²) in [7, 11) is 1.42. The van der Waals surface area contributed by atoms with Crippen LogP contribution in [0.5, 0.6) is 5.75 Å². The van der Waals surface area contributed by atoms with Gasteiger partial charge in [-0.15, -0.1) is 0 Å². The van der Waals surface area contributed by atoms with Gasteiger partial charge in [0.05, 0.1) is 13.2 Å². The minimum atomic E-state index is -4.30. The average molecular weight is 277 g/mol. The largest absolute Gasteiger partial charge is 0.496 e. The summed E-state index contributed by atoms with van der Waals surface area (Å²) < 4.78 is 42.8. The van der Waals surface area contributed by atoms with Crippen LogP contribution in [0.2, 0.25) is 0 Å². The summed E-state index contributed by atoms with van der Waals surface area (Å²) in [6.45, 7) is 2.27. The number of hydrogen-bond donors (Lipinski definition) is 1. The molecule has 0 aliphatic rings. The number of hydrogen-bond acceptors (Lipinski definition) is 3. The minimum Gasteiger partial charge on any atom is -0.496 e. The molecule has 0 heterocycles. The van der Waals surface area contributed by atoms with E-state index in [4.69, 9.17) is 4.74 Å². The number of ether oxygens (including phenoxy) is 1. The van der Waals surface area contributed by atoms with Crippen molar-refractivity contribution >= 4 is 5.69 Å². The van der Waals surface area contributed by atoms with Crippen LogP contribution in [-0.2, 0) is 0 Å². The summed E-state index contributed by atoms with van der Waals surface area (Å²) in [4.78, 5) is 1.17. The molecule has 1 atom stereocenters. The molecule has 1 aromatic carbocycles. The van der Waals surface area contributed by atoms with Gasteiger partial charge in [-0.3, -0.25) is 0 Å². The third kappa shape index (κ3) is 4.02. The van der Waals surface area contributed by atoms with Crippen molar-refractivity contribution in [1.82, 2.24) is 0 Å². The molecule has 0 saturated carbocycles. The van der Waals surface area contributed by atoms with Crippen LogP contribution < -0.4 is 9.64 Å². The first-order valence-electron chi connectivity index (χ1n) is 5.96. The number of halogens is 3. The van der Waals surface area contributed by atoms with Crippen LogP contribution in [0.3, 0.4) is 0 Å². The molecule has 3 nitrogen and oxygen atoms in total. The lowest BCUT2D eigenvalue weighted by atomic mass is 10.1. The van der Waals surface area contributed by atoms with Gasteiger partial charge in [-0.25, -0.2) is 0 Å². The van der Waals surface area contributed by atoms with Gasteiger partial charge >= 0.3 is 6.18 Å². The second kappa shape index (κ2) is 6.14. The molecule has 6 heteroatoms. The molecule has 19 heavy (non-hydrogen) atoms. The number of aliphatic hydroxyl groups excluding tert-OH is 1. The fourth-order valence-electron chi connectivity index (χ4n) is 1.99. The summed E-state index contributed by atoms with van der Waals surface area (Å²) in [5, 5.41) is 9.77. The first kappa shape index (κ1) is 15.6. The third-order valence-electron chi connectivity index (χ3n) is 2.77. The topological polar surface area (TPSA) is 32.7 Å². The summed E-state index contributed by atoms with van der Waals surface area (Å²) in [5.74, 6) is 0.383. The second-order valence-electron chi connectivity index (χ2n) is 4.20. The molecule has 0 aromatic heterocycles. The molecule has 0 amide bonds. The van der Waals surface area contributed by atoms with Gasteiger partial charge in [-0.1, -0.05) is 6.07 Å². The predicted octanol–water partition coefficient (Wildman–Crippen LogP) is 3.14. The molecule has 0 saturated heterocycles. The van der Waals surface area contributed by atoms with Crippen LogP contribution in [0, 0.1) is 0 Å². The zero-order valence-corrected chi connectivity index (χ0v) is 11.2. The van der Waals surface area contributed by atoms with Crippen molar-refractivity contribution in [2.75, 3.05) is 25.1 Å². The van der Waals surface area contributed by atoms with Gasteiger partial charge in [0.25, 0.3) is 0 Å². The lowest BCUT2D eigenvalue weighted by Crippen LogP contribution is -2.34. The maximum absolute atomic E-state index is 12.6. The van der Waals surface area contributed by atoms with Crippen molar-refractivity contribution in [3.05, 3.63) is 23.8 Å². The van der Waals surface area contributed by atoms with Crippen molar-refractivity contribution in [2.45, 2.75) is 26.1 Å². The highest BCUT2D eigenvalue weighted by atomic mass is 19.4. The minimum absolute atomic E-state index is 0.187. The maximum Gasteiger partial charge on any atom is 0.405 e. The Kier molecular flexibility index (Phi) is 5.05. The highest BCUT2D eigenvalue weighted by Gasteiger charge is 2.31. The summed E-state index contributed by atoms with van der Waals surface area (Å²) >= 11 is 0. The first-order valence-corrected chi connectivity index (χ1v) is 5.96. The van der Waals surface area contributed by atoms with E-state index < -0.39 is 18.8 Å². The molecule has 0 unspecified atom stereocenters. The lowest BCUT2D eigenvalue weighted by molar-refractivity contribution is -0.119. The molecule has 0 radical (unpaired) electrons. The Hall–Kier alpha value is -1.43. The van der Waals surface area contributed by atoms with Crippen molar-refractivity contribution in [3.63, 3.8) is 0 Å². The number of rotatable bonds is 5. The first-order chi connectivity index (χ1) is 8.80. The van der Waals surface area contributed by atoms with Crippen LogP contribution in [0.15, 0.2) is 18.2 Å². The van der Waals surface area contributed by atoms with Gasteiger partial charge in [0.1, 0.15) is 12.3 Å². The average Bonchev–Trinajstić information content (AvgIpc) is 2.33. The molecule has 0 fully saturated rings. The Bertz CT molecular complexity index is 419. The number of anilines is 1.